The van der Waals surface area contributed by atoms with Crippen LogP contribution in [0, 0.1) is 5.92 Å². The lowest BCUT2D eigenvalue weighted by atomic mass is 9.83. The highest BCUT2D eigenvalue weighted by atomic mass is 19.3. The molecule has 0 spiro atoms. The second-order valence-electron chi connectivity index (χ2n) is 4.64. The fourth-order valence-electron chi connectivity index (χ4n) is 2.35. The molecule has 0 saturated carbocycles. The fourth-order valence-corrected chi connectivity index (χ4v) is 2.35. The summed E-state index contributed by atoms with van der Waals surface area (Å²) in [5, 5.41) is 12.0. The summed E-state index contributed by atoms with van der Waals surface area (Å²) in [6.07, 6.45) is -2.33. The van der Waals surface area contributed by atoms with Gasteiger partial charge in [-0.25, -0.2) is 8.78 Å². The van der Waals surface area contributed by atoms with Gasteiger partial charge in [0.15, 0.2) is 0 Å². The number of fused-ring (bicyclic) bond motifs is 1. The molecule has 0 bridgehead atoms. The molecular weight excluding hydrogens is 240 g/mol. The van der Waals surface area contributed by atoms with Crippen molar-refractivity contribution < 1.29 is 18.7 Å². The predicted octanol–water partition coefficient (Wildman–Crippen LogP) is 2.94. The van der Waals surface area contributed by atoms with Gasteiger partial charge in [0, 0.05) is 17.6 Å². The molecule has 98 valence electrons. The number of aliphatic carboxylic acids is 1. The highest BCUT2D eigenvalue weighted by Gasteiger charge is 2.36. The molecule has 5 heteroatoms. The first-order chi connectivity index (χ1) is 8.50. The number of anilines is 1. The second-order valence-corrected chi connectivity index (χ2v) is 4.64. The molecule has 18 heavy (non-hydrogen) atoms. The van der Waals surface area contributed by atoms with Gasteiger partial charge in [-0.1, -0.05) is 18.2 Å². The van der Waals surface area contributed by atoms with E-state index in [-0.39, 0.29) is 6.42 Å². The average Bonchev–Trinajstić information content (AvgIpc) is 2.36. The number of nitrogens with one attached hydrogen (secondary N) is 1. The van der Waals surface area contributed by atoms with Crippen LogP contribution in [0.25, 0.3) is 0 Å². The molecule has 2 N–H and O–H groups in total. The third-order valence-corrected chi connectivity index (χ3v) is 3.51. The molecular formula is C13H15F2NO2. The van der Waals surface area contributed by atoms with Crippen LogP contribution in [0.4, 0.5) is 14.5 Å². The van der Waals surface area contributed by atoms with Crippen LogP contribution in [0.1, 0.15) is 24.8 Å². The van der Waals surface area contributed by atoms with E-state index >= 15 is 0 Å². The Kier molecular flexibility index (Phi) is 3.50. The van der Waals surface area contributed by atoms with Crippen LogP contribution in [0.3, 0.4) is 0 Å². The maximum Gasteiger partial charge on any atom is 0.308 e. The normalized spacial score (nSPS) is 24.2. The summed E-state index contributed by atoms with van der Waals surface area (Å²) in [6.45, 7) is 1.54. The van der Waals surface area contributed by atoms with Crippen molar-refractivity contribution in [3.05, 3.63) is 29.8 Å². The molecule has 1 aliphatic rings. The van der Waals surface area contributed by atoms with E-state index in [0.29, 0.717) is 11.3 Å². The Morgan fingerprint density at radius 3 is 2.72 bits per heavy atom. The number of benzene rings is 1. The lowest BCUT2D eigenvalue weighted by Crippen LogP contribution is -2.38. The number of carboxylic acids is 1. The summed E-state index contributed by atoms with van der Waals surface area (Å²) >= 11 is 0. The minimum atomic E-state index is -2.48. The zero-order valence-electron chi connectivity index (χ0n) is 9.94. The molecule has 0 saturated heterocycles. The Morgan fingerprint density at radius 1 is 1.44 bits per heavy atom. The number of carboxylic acid groups (broad SMARTS) is 1. The third kappa shape index (κ3) is 2.30. The molecule has 3 atom stereocenters. The van der Waals surface area contributed by atoms with E-state index in [2.05, 4.69) is 5.32 Å². The minimum Gasteiger partial charge on any atom is -0.481 e. The Hall–Kier alpha value is -1.65. The van der Waals surface area contributed by atoms with Gasteiger partial charge in [-0.3, -0.25) is 4.79 Å². The lowest BCUT2D eigenvalue weighted by molar-refractivity contribution is -0.141. The Morgan fingerprint density at radius 2 is 2.11 bits per heavy atom. The quantitative estimate of drug-likeness (QED) is 0.873. The lowest BCUT2D eigenvalue weighted by Gasteiger charge is -2.34. The van der Waals surface area contributed by atoms with Crippen LogP contribution in [-0.2, 0) is 4.79 Å². The topological polar surface area (TPSA) is 49.3 Å². The minimum absolute atomic E-state index is 0.141. The van der Waals surface area contributed by atoms with Gasteiger partial charge in [-0.05, 0) is 25.0 Å². The highest BCUT2D eigenvalue weighted by molar-refractivity contribution is 5.72. The van der Waals surface area contributed by atoms with E-state index in [9.17, 15) is 13.6 Å². The Bertz CT molecular complexity index is 450. The molecule has 0 fully saturated rings. The smallest absolute Gasteiger partial charge is 0.308 e. The highest BCUT2D eigenvalue weighted by Crippen LogP contribution is 2.39. The Balaban J connectivity index is 2.31. The molecule has 0 radical (unpaired) electrons. The van der Waals surface area contributed by atoms with E-state index in [1.165, 1.54) is 6.92 Å². The first-order valence-corrected chi connectivity index (χ1v) is 5.87. The fraction of sp³-hybridized carbons (Fsp3) is 0.462. The van der Waals surface area contributed by atoms with Crippen molar-refractivity contribution in [2.24, 2.45) is 5.92 Å². The number of halogens is 2. The zero-order chi connectivity index (χ0) is 13.3. The Labute approximate surface area is 104 Å². The van der Waals surface area contributed by atoms with Gasteiger partial charge in [0.05, 0.1) is 5.92 Å². The molecule has 0 amide bonds. The van der Waals surface area contributed by atoms with Crippen LogP contribution in [0.5, 0.6) is 0 Å². The largest absolute Gasteiger partial charge is 0.481 e. The van der Waals surface area contributed by atoms with Crippen LogP contribution in [-0.4, -0.2) is 23.5 Å². The summed E-state index contributed by atoms with van der Waals surface area (Å²) < 4.78 is 26.1. The third-order valence-electron chi connectivity index (χ3n) is 3.51. The first-order valence-electron chi connectivity index (χ1n) is 5.87. The van der Waals surface area contributed by atoms with E-state index in [1.807, 2.05) is 0 Å². The zero-order valence-corrected chi connectivity index (χ0v) is 9.94. The van der Waals surface area contributed by atoms with Crippen molar-refractivity contribution in [1.29, 1.82) is 0 Å². The maximum absolute atomic E-state index is 13.1. The standard InChI is InChI=1S/C13H15F2NO2/c1-7(13(17)18)11-6-9(12(14)15)8-4-2-3-5-10(8)16-11/h2-5,7,9,11-12,16H,6H2,1H3,(H,17,18). The van der Waals surface area contributed by atoms with Crippen LogP contribution in [0.15, 0.2) is 24.3 Å². The van der Waals surface area contributed by atoms with Gasteiger partial charge in [-0.2, -0.15) is 0 Å². The predicted molar refractivity (Wildman–Crippen MR) is 64.0 cm³/mol. The molecule has 1 heterocycles. The molecule has 0 aliphatic carbocycles. The number of hydrogen-bond acceptors (Lipinski definition) is 2. The molecule has 2 rings (SSSR count). The summed E-state index contributed by atoms with van der Waals surface area (Å²) in [4.78, 5) is 11.0. The maximum atomic E-state index is 13.1. The molecule has 3 nitrogen and oxygen atoms in total. The van der Waals surface area contributed by atoms with Crippen molar-refractivity contribution in [2.75, 3.05) is 5.32 Å². The summed E-state index contributed by atoms with van der Waals surface area (Å²) in [7, 11) is 0. The van der Waals surface area contributed by atoms with Crippen molar-refractivity contribution in [1.82, 2.24) is 0 Å². The molecule has 3 unspecified atom stereocenters. The number of carbonyl (C=O) groups is 1. The molecule has 0 aromatic heterocycles. The van der Waals surface area contributed by atoms with Gasteiger partial charge >= 0.3 is 5.97 Å². The van der Waals surface area contributed by atoms with Gasteiger partial charge in [0.2, 0.25) is 6.43 Å². The van der Waals surface area contributed by atoms with Crippen LogP contribution < -0.4 is 5.32 Å². The average molecular weight is 255 g/mol. The summed E-state index contributed by atoms with van der Waals surface area (Å²) in [5.74, 6) is -2.56. The van der Waals surface area contributed by atoms with Gasteiger partial charge in [0.1, 0.15) is 0 Å². The van der Waals surface area contributed by atoms with E-state index in [1.54, 1.807) is 24.3 Å². The molecule has 1 aliphatic heterocycles. The van der Waals surface area contributed by atoms with E-state index in [4.69, 9.17) is 5.11 Å². The van der Waals surface area contributed by atoms with Gasteiger partial charge < -0.3 is 10.4 Å². The second kappa shape index (κ2) is 4.92. The number of rotatable bonds is 3. The van der Waals surface area contributed by atoms with Crippen LogP contribution in [0.2, 0.25) is 0 Å². The molecule has 1 aromatic rings. The van der Waals surface area contributed by atoms with Crippen molar-refractivity contribution in [2.45, 2.75) is 31.7 Å². The van der Waals surface area contributed by atoms with E-state index in [0.717, 1.165) is 0 Å². The SMILES string of the molecule is CC(C(=O)O)C1CC(C(F)F)c2ccccc2N1. The van der Waals surface area contributed by atoms with Gasteiger partial charge in [0.25, 0.3) is 0 Å². The number of alkyl halides is 2. The number of hydrogen-bond donors (Lipinski definition) is 2. The first kappa shape index (κ1) is 12.8. The van der Waals surface area contributed by atoms with Crippen molar-refractivity contribution in [3.8, 4) is 0 Å². The molecule has 1 aromatic carbocycles. The summed E-state index contributed by atoms with van der Waals surface area (Å²) in [5.41, 5.74) is 1.19. The summed E-state index contributed by atoms with van der Waals surface area (Å²) in [6, 6.07) is 6.39. The van der Waals surface area contributed by atoms with Crippen molar-refractivity contribution >= 4 is 11.7 Å². The van der Waals surface area contributed by atoms with Crippen molar-refractivity contribution in [3.63, 3.8) is 0 Å². The monoisotopic (exact) mass is 255 g/mol. The van der Waals surface area contributed by atoms with E-state index < -0.39 is 30.3 Å². The number of para-hydroxylation sites is 1. The van der Waals surface area contributed by atoms with Crippen LogP contribution >= 0.6 is 0 Å². The van der Waals surface area contributed by atoms with Gasteiger partial charge in [-0.15, -0.1) is 0 Å².